The molecule has 1 atom stereocenters. The van der Waals surface area contributed by atoms with E-state index in [-0.39, 0.29) is 0 Å². The Balaban J connectivity index is 1.75. The van der Waals surface area contributed by atoms with Gasteiger partial charge < -0.3 is 5.32 Å². The Hall–Kier alpha value is -1.58. The summed E-state index contributed by atoms with van der Waals surface area (Å²) in [6, 6.07) is 21.4. The minimum Gasteiger partial charge on any atom is -0.378 e. The van der Waals surface area contributed by atoms with Crippen LogP contribution in [-0.4, -0.2) is 0 Å². The second-order valence-electron chi connectivity index (χ2n) is 4.94. The average molecular weight is 358 g/mol. The molecule has 0 radical (unpaired) electrons. The summed E-state index contributed by atoms with van der Waals surface area (Å²) in [4.78, 5) is 1.32. The molecule has 0 bridgehead atoms. The lowest BCUT2D eigenvalue weighted by molar-refractivity contribution is 0.903. The lowest BCUT2D eigenvalue weighted by Gasteiger charge is -2.15. The molecule has 21 heavy (non-hydrogen) atoms. The summed E-state index contributed by atoms with van der Waals surface area (Å²) in [5.74, 6) is 0. The van der Waals surface area contributed by atoms with Crippen LogP contribution < -0.4 is 5.32 Å². The zero-order chi connectivity index (χ0) is 14.7. The maximum atomic E-state index is 3.59. The summed E-state index contributed by atoms with van der Waals surface area (Å²) in [7, 11) is 0. The van der Waals surface area contributed by atoms with E-state index in [0.29, 0.717) is 6.04 Å². The molecule has 1 heterocycles. The molecule has 0 spiro atoms. The van der Waals surface area contributed by atoms with Crippen molar-refractivity contribution in [1.29, 1.82) is 0 Å². The lowest BCUT2D eigenvalue weighted by atomic mass is 10.1. The van der Waals surface area contributed by atoms with Gasteiger partial charge in [0.25, 0.3) is 0 Å². The molecule has 1 unspecified atom stereocenters. The minimum absolute atomic E-state index is 0.293. The molecule has 106 valence electrons. The van der Waals surface area contributed by atoms with Crippen LogP contribution >= 0.6 is 27.3 Å². The van der Waals surface area contributed by atoms with Gasteiger partial charge in [-0.05, 0) is 57.6 Å². The molecule has 3 rings (SSSR count). The van der Waals surface area contributed by atoms with Crippen molar-refractivity contribution in [2.75, 3.05) is 5.32 Å². The second kappa shape index (κ2) is 6.46. The highest BCUT2D eigenvalue weighted by molar-refractivity contribution is 9.10. The van der Waals surface area contributed by atoms with Crippen molar-refractivity contribution < 1.29 is 0 Å². The molecule has 2 aromatic carbocycles. The molecule has 1 N–H and O–H groups in total. The standard InChI is InChI=1S/C18H16BrNS/c1-13(18-17(19)11-12-21-18)20-16-9-7-15(8-10-16)14-5-3-2-4-6-14/h2-13,20H,1H3. The number of benzene rings is 2. The van der Waals surface area contributed by atoms with Gasteiger partial charge in [0.05, 0.1) is 6.04 Å². The highest BCUT2D eigenvalue weighted by atomic mass is 79.9. The van der Waals surface area contributed by atoms with Crippen molar-refractivity contribution in [2.45, 2.75) is 13.0 Å². The Bertz CT molecular complexity index is 704. The zero-order valence-corrected chi connectivity index (χ0v) is 14.1. The lowest BCUT2D eigenvalue weighted by Crippen LogP contribution is -2.05. The molecule has 0 saturated heterocycles. The topological polar surface area (TPSA) is 12.0 Å². The van der Waals surface area contributed by atoms with Crippen LogP contribution in [0.1, 0.15) is 17.8 Å². The molecule has 3 aromatic rings. The maximum absolute atomic E-state index is 3.59. The minimum atomic E-state index is 0.293. The van der Waals surface area contributed by atoms with Gasteiger partial charge in [0.2, 0.25) is 0 Å². The fourth-order valence-electron chi connectivity index (χ4n) is 2.32. The molecule has 3 heteroatoms. The molecule has 0 saturated carbocycles. The van der Waals surface area contributed by atoms with Gasteiger partial charge in [-0.2, -0.15) is 0 Å². The van der Waals surface area contributed by atoms with E-state index >= 15 is 0 Å². The highest BCUT2D eigenvalue weighted by Gasteiger charge is 2.10. The van der Waals surface area contributed by atoms with Gasteiger partial charge in [-0.15, -0.1) is 11.3 Å². The van der Waals surface area contributed by atoms with Gasteiger partial charge in [-0.3, -0.25) is 0 Å². The summed E-state index contributed by atoms with van der Waals surface area (Å²) in [6.45, 7) is 2.18. The number of nitrogens with one attached hydrogen (secondary N) is 1. The normalized spacial score (nSPS) is 12.1. The second-order valence-corrected chi connectivity index (χ2v) is 6.74. The van der Waals surface area contributed by atoms with Crippen molar-refractivity contribution in [3.8, 4) is 11.1 Å². The molecule has 1 nitrogen and oxygen atoms in total. The van der Waals surface area contributed by atoms with E-state index in [1.807, 2.05) is 6.07 Å². The molecule has 0 fully saturated rings. The largest absolute Gasteiger partial charge is 0.378 e. The quantitative estimate of drug-likeness (QED) is 0.573. The third-order valence-electron chi connectivity index (χ3n) is 3.41. The molecule has 0 amide bonds. The van der Waals surface area contributed by atoms with Crippen molar-refractivity contribution in [2.24, 2.45) is 0 Å². The van der Waals surface area contributed by atoms with Crippen LogP contribution in [0.15, 0.2) is 70.5 Å². The van der Waals surface area contributed by atoms with Crippen LogP contribution in [0.2, 0.25) is 0 Å². The first-order chi connectivity index (χ1) is 10.2. The van der Waals surface area contributed by atoms with E-state index in [1.54, 1.807) is 11.3 Å². The first-order valence-corrected chi connectivity index (χ1v) is 8.56. The summed E-state index contributed by atoms with van der Waals surface area (Å²) >= 11 is 5.36. The summed E-state index contributed by atoms with van der Waals surface area (Å²) in [5, 5.41) is 5.65. The predicted octanol–water partition coefficient (Wildman–Crippen LogP) is 6.35. The van der Waals surface area contributed by atoms with Crippen molar-refractivity contribution in [3.63, 3.8) is 0 Å². The average Bonchev–Trinajstić information content (AvgIpc) is 2.95. The third-order valence-corrected chi connectivity index (χ3v) is 5.47. The van der Waals surface area contributed by atoms with Crippen molar-refractivity contribution >= 4 is 33.0 Å². The van der Waals surface area contributed by atoms with E-state index in [1.165, 1.54) is 20.5 Å². The SMILES string of the molecule is CC(Nc1ccc(-c2ccccc2)cc1)c1sccc1Br. The van der Waals surface area contributed by atoms with Crippen molar-refractivity contribution in [3.05, 3.63) is 75.4 Å². The van der Waals surface area contributed by atoms with Gasteiger partial charge >= 0.3 is 0 Å². The van der Waals surface area contributed by atoms with Crippen LogP contribution in [0, 0.1) is 0 Å². The van der Waals surface area contributed by atoms with Crippen LogP contribution in [0.5, 0.6) is 0 Å². The Labute approximate surface area is 137 Å². The molecule has 0 aliphatic carbocycles. The summed E-state index contributed by atoms with van der Waals surface area (Å²) in [5.41, 5.74) is 3.63. The molecular weight excluding hydrogens is 342 g/mol. The van der Waals surface area contributed by atoms with Crippen LogP contribution in [0.3, 0.4) is 0 Å². The number of hydrogen-bond donors (Lipinski definition) is 1. The Morgan fingerprint density at radius 2 is 1.57 bits per heavy atom. The molecule has 0 aliphatic heterocycles. The van der Waals surface area contributed by atoms with E-state index in [9.17, 15) is 0 Å². The maximum Gasteiger partial charge on any atom is 0.0589 e. The first kappa shape index (κ1) is 14.4. The zero-order valence-electron chi connectivity index (χ0n) is 11.7. The Morgan fingerprint density at radius 3 is 2.19 bits per heavy atom. The molecular formula is C18H16BrNS. The number of halogens is 1. The van der Waals surface area contributed by atoms with Gasteiger partial charge in [-0.1, -0.05) is 42.5 Å². The van der Waals surface area contributed by atoms with E-state index < -0.39 is 0 Å². The Morgan fingerprint density at radius 1 is 0.905 bits per heavy atom. The van der Waals surface area contributed by atoms with Crippen molar-refractivity contribution in [1.82, 2.24) is 0 Å². The number of rotatable bonds is 4. The monoisotopic (exact) mass is 357 g/mol. The predicted molar refractivity (Wildman–Crippen MR) is 95.9 cm³/mol. The highest BCUT2D eigenvalue weighted by Crippen LogP contribution is 2.31. The van der Waals surface area contributed by atoms with E-state index in [0.717, 1.165) is 5.69 Å². The van der Waals surface area contributed by atoms with Gasteiger partial charge in [-0.25, -0.2) is 0 Å². The van der Waals surface area contributed by atoms with Crippen LogP contribution in [0.4, 0.5) is 5.69 Å². The fraction of sp³-hybridized carbons (Fsp3) is 0.111. The first-order valence-electron chi connectivity index (χ1n) is 6.89. The molecule has 1 aromatic heterocycles. The van der Waals surface area contributed by atoms with Gasteiger partial charge in [0.15, 0.2) is 0 Å². The third kappa shape index (κ3) is 3.36. The van der Waals surface area contributed by atoms with Gasteiger partial charge in [0, 0.05) is 15.0 Å². The summed E-state index contributed by atoms with van der Waals surface area (Å²) < 4.78 is 1.17. The Kier molecular flexibility index (Phi) is 4.42. The molecule has 0 aliphatic rings. The smallest absolute Gasteiger partial charge is 0.0589 e. The van der Waals surface area contributed by atoms with E-state index in [2.05, 4.69) is 88.1 Å². The number of anilines is 1. The number of hydrogen-bond acceptors (Lipinski definition) is 2. The van der Waals surface area contributed by atoms with Crippen LogP contribution in [-0.2, 0) is 0 Å². The number of thiophene rings is 1. The summed E-state index contributed by atoms with van der Waals surface area (Å²) in [6.07, 6.45) is 0. The van der Waals surface area contributed by atoms with Gasteiger partial charge in [0.1, 0.15) is 0 Å². The van der Waals surface area contributed by atoms with Crippen LogP contribution in [0.25, 0.3) is 11.1 Å². The van der Waals surface area contributed by atoms with E-state index in [4.69, 9.17) is 0 Å². The fourth-order valence-corrected chi connectivity index (χ4v) is 4.04.